The Morgan fingerprint density at radius 3 is 2.33 bits per heavy atom. The van der Waals surface area contributed by atoms with Crippen molar-refractivity contribution >= 4 is 23.0 Å². The fraction of sp³-hybridized carbons (Fsp3) is 0.167. The summed E-state index contributed by atoms with van der Waals surface area (Å²) in [6.45, 7) is 0.508. The number of amides is 1. The molecule has 0 bridgehead atoms. The number of hydrogen-bond acceptors (Lipinski definition) is 4. The van der Waals surface area contributed by atoms with E-state index in [0.717, 1.165) is 16.6 Å². The van der Waals surface area contributed by atoms with Crippen molar-refractivity contribution in [1.29, 1.82) is 0 Å². The molecule has 2 aromatic heterocycles. The molecule has 1 atom stereocenters. The van der Waals surface area contributed by atoms with Crippen LogP contribution in [0.1, 0.15) is 21.6 Å². The summed E-state index contributed by atoms with van der Waals surface area (Å²) in [6.07, 6.45) is 1.94. The van der Waals surface area contributed by atoms with Crippen LogP contribution >= 0.6 is 0 Å². The smallest absolute Gasteiger partial charge is 0.328 e. The van der Waals surface area contributed by atoms with Crippen molar-refractivity contribution in [3.8, 4) is 0 Å². The second-order valence-electron chi connectivity index (χ2n) is 7.01. The molecule has 2 aromatic carbocycles. The van der Waals surface area contributed by atoms with E-state index in [1.165, 1.54) is 7.11 Å². The fourth-order valence-corrected chi connectivity index (χ4v) is 3.52. The van der Waals surface area contributed by atoms with Gasteiger partial charge in [0, 0.05) is 25.1 Å². The van der Waals surface area contributed by atoms with Gasteiger partial charge in [0.1, 0.15) is 11.7 Å². The van der Waals surface area contributed by atoms with Crippen LogP contribution in [0.2, 0.25) is 0 Å². The summed E-state index contributed by atoms with van der Waals surface area (Å²) < 4.78 is 12.3. The SMILES string of the molecule is COC(=O)[C@@H](Cc1ccccc1)NC(=O)c1cc2occc2n1Cc1ccccc1. The van der Waals surface area contributed by atoms with Crippen molar-refractivity contribution in [2.24, 2.45) is 0 Å². The predicted molar refractivity (Wildman–Crippen MR) is 113 cm³/mol. The fourth-order valence-electron chi connectivity index (χ4n) is 3.52. The van der Waals surface area contributed by atoms with Gasteiger partial charge in [-0.05, 0) is 11.1 Å². The van der Waals surface area contributed by atoms with E-state index in [1.54, 1.807) is 12.3 Å². The molecule has 0 saturated heterocycles. The number of nitrogens with one attached hydrogen (secondary N) is 1. The van der Waals surface area contributed by atoms with Crippen molar-refractivity contribution in [2.75, 3.05) is 7.11 Å². The van der Waals surface area contributed by atoms with Crippen molar-refractivity contribution in [1.82, 2.24) is 9.88 Å². The summed E-state index contributed by atoms with van der Waals surface area (Å²) in [4.78, 5) is 25.5. The van der Waals surface area contributed by atoms with Crippen molar-refractivity contribution in [3.63, 3.8) is 0 Å². The van der Waals surface area contributed by atoms with Gasteiger partial charge < -0.3 is 19.0 Å². The Balaban J connectivity index is 1.62. The van der Waals surface area contributed by atoms with E-state index >= 15 is 0 Å². The zero-order valence-electron chi connectivity index (χ0n) is 16.6. The van der Waals surface area contributed by atoms with Gasteiger partial charge in [-0.2, -0.15) is 0 Å². The zero-order valence-corrected chi connectivity index (χ0v) is 16.6. The first kappa shape index (κ1) is 19.5. The van der Waals surface area contributed by atoms with Crippen molar-refractivity contribution < 1.29 is 18.7 Å². The third-order valence-electron chi connectivity index (χ3n) is 5.01. The maximum atomic E-state index is 13.2. The lowest BCUT2D eigenvalue weighted by atomic mass is 10.1. The normalized spacial score (nSPS) is 11.9. The van der Waals surface area contributed by atoms with Crippen LogP contribution in [0.4, 0.5) is 0 Å². The average molecular weight is 402 g/mol. The van der Waals surface area contributed by atoms with Gasteiger partial charge in [0.05, 0.1) is 18.9 Å². The van der Waals surface area contributed by atoms with Gasteiger partial charge in [-0.1, -0.05) is 60.7 Å². The summed E-state index contributed by atoms with van der Waals surface area (Å²) in [7, 11) is 1.32. The highest BCUT2D eigenvalue weighted by Crippen LogP contribution is 2.23. The molecule has 0 spiro atoms. The van der Waals surface area contributed by atoms with Crippen LogP contribution in [0.3, 0.4) is 0 Å². The second kappa shape index (κ2) is 8.69. The van der Waals surface area contributed by atoms with Crippen LogP contribution in [-0.4, -0.2) is 29.6 Å². The van der Waals surface area contributed by atoms with E-state index in [2.05, 4.69) is 5.32 Å². The van der Waals surface area contributed by atoms with Gasteiger partial charge in [-0.3, -0.25) is 4.79 Å². The van der Waals surface area contributed by atoms with E-state index < -0.39 is 12.0 Å². The lowest BCUT2D eigenvalue weighted by Crippen LogP contribution is -2.43. The summed E-state index contributed by atoms with van der Waals surface area (Å²) in [5, 5.41) is 2.83. The van der Waals surface area contributed by atoms with E-state index in [9.17, 15) is 9.59 Å². The molecule has 0 saturated carbocycles. The molecule has 152 valence electrons. The largest absolute Gasteiger partial charge is 0.467 e. The molecular weight excluding hydrogens is 380 g/mol. The molecule has 0 fully saturated rings. The lowest BCUT2D eigenvalue weighted by molar-refractivity contribution is -0.142. The maximum Gasteiger partial charge on any atom is 0.328 e. The molecular formula is C24H22N2O4. The van der Waals surface area contributed by atoms with Crippen LogP contribution in [0.15, 0.2) is 83.5 Å². The Bertz CT molecular complexity index is 1150. The highest BCUT2D eigenvalue weighted by Gasteiger charge is 2.25. The van der Waals surface area contributed by atoms with Crippen LogP contribution in [0, 0.1) is 0 Å². The van der Waals surface area contributed by atoms with Gasteiger partial charge in [0.25, 0.3) is 5.91 Å². The topological polar surface area (TPSA) is 73.5 Å². The molecule has 2 heterocycles. The molecule has 6 nitrogen and oxygen atoms in total. The van der Waals surface area contributed by atoms with Gasteiger partial charge in [-0.15, -0.1) is 0 Å². The number of rotatable bonds is 7. The Labute approximate surface area is 174 Å². The zero-order chi connectivity index (χ0) is 20.9. The summed E-state index contributed by atoms with van der Waals surface area (Å²) in [6, 6.07) is 22.1. The number of carbonyl (C=O) groups is 2. The van der Waals surface area contributed by atoms with E-state index in [0.29, 0.717) is 24.2 Å². The van der Waals surface area contributed by atoms with Gasteiger partial charge in [-0.25, -0.2) is 4.79 Å². The minimum absolute atomic E-state index is 0.342. The number of furan rings is 1. The van der Waals surface area contributed by atoms with Gasteiger partial charge in [0.15, 0.2) is 5.58 Å². The standard InChI is InChI=1S/C24H22N2O4/c1-29-24(28)19(14-17-8-4-2-5-9-17)25-23(27)21-15-22-20(12-13-30-22)26(21)16-18-10-6-3-7-11-18/h2-13,15,19H,14,16H2,1H3,(H,25,27)/t19-/m1/s1. The van der Waals surface area contributed by atoms with E-state index in [4.69, 9.17) is 9.15 Å². The quantitative estimate of drug-likeness (QED) is 0.477. The van der Waals surface area contributed by atoms with Gasteiger partial charge in [0.2, 0.25) is 0 Å². The molecule has 1 N–H and O–H groups in total. The minimum atomic E-state index is -0.795. The number of carbonyl (C=O) groups excluding carboxylic acids is 2. The number of esters is 1. The predicted octanol–water partition coefficient (Wildman–Crippen LogP) is 3.80. The van der Waals surface area contributed by atoms with E-state index in [1.807, 2.05) is 71.3 Å². The third kappa shape index (κ3) is 4.12. The van der Waals surface area contributed by atoms with Gasteiger partial charge >= 0.3 is 5.97 Å². The maximum absolute atomic E-state index is 13.2. The lowest BCUT2D eigenvalue weighted by Gasteiger charge is -2.17. The van der Waals surface area contributed by atoms with Crippen LogP contribution in [-0.2, 0) is 22.5 Å². The van der Waals surface area contributed by atoms with Crippen molar-refractivity contribution in [2.45, 2.75) is 19.0 Å². The average Bonchev–Trinajstić information content (AvgIpc) is 3.37. The number of benzene rings is 2. The second-order valence-corrected chi connectivity index (χ2v) is 7.01. The molecule has 0 radical (unpaired) electrons. The Kier molecular flexibility index (Phi) is 5.66. The third-order valence-corrected chi connectivity index (χ3v) is 5.01. The Morgan fingerprint density at radius 1 is 1.00 bits per heavy atom. The first-order chi connectivity index (χ1) is 14.7. The number of methoxy groups -OCH3 is 1. The molecule has 0 aliphatic rings. The van der Waals surface area contributed by atoms with Crippen LogP contribution < -0.4 is 5.32 Å². The molecule has 0 unspecified atom stereocenters. The highest BCUT2D eigenvalue weighted by atomic mass is 16.5. The Morgan fingerprint density at radius 2 is 1.67 bits per heavy atom. The minimum Gasteiger partial charge on any atom is -0.467 e. The number of fused-ring (bicyclic) bond motifs is 1. The van der Waals surface area contributed by atoms with E-state index in [-0.39, 0.29) is 5.91 Å². The molecule has 4 aromatic rings. The number of aromatic nitrogens is 1. The molecule has 0 aliphatic carbocycles. The van der Waals surface area contributed by atoms with Crippen LogP contribution in [0.5, 0.6) is 0 Å². The molecule has 0 aliphatic heterocycles. The van der Waals surface area contributed by atoms with Crippen molar-refractivity contribution in [3.05, 3.63) is 95.9 Å². The first-order valence-corrected chi connectivity index (χ1v) is 9.69. The monoisotopic (exact) mass is 402 g/mol. The number of nitrogens with zero attached hydrogens (tertiary/aromatic N) is 1. The highest BCUT2D eigenvalue weighted by molar-refractivity contribution is 5.99. The molecule has 30 heavy (non-hydrogen) atoms. The molecule has 4 rings (SSSR count). The summed E-state index contributed by atoms with van der Waals surface area (Å²) in [5.74, 6) is -0.847. The Hall–Kier alpha value is -3.80. The number of ether oxygens (including phenoxy) is 1. The molecule has 1 amide bonds. The molecule has 6 heteroatoms. The first-order valence-electron chi connectivity index (χ1n) is 9.69. The summed E-state index contributed by atoms with van der Waals surface area (Å²) >= 11 is 0. The van der Waals surface area contributed by atoms with Crippen LogP contribution in [0.25, 0.3) is 11.1 Å². The number of hydrogen-bond donors (Lipinski definition) is 1. The summed E-state index contributed by atoms with van der Waals surface area (Å²) in [5.41, 5.74) is 3.85.